The van der Waals surface area contributed by atoms with E-state index in [2.05, 4.69) is 208 Å². The largest absolute Gasteiger partial charge is 1.00 e. The molecule has 2 nitrogen and oxygen atoms in total. The summed E-state index contributed by atoms with van der Waals surface area (Å²) in [6, 6.07) is 33.7. The molecule has 0 bridgehead atoms. The van der Waals surface area contributed by atoms with E-state index in [1.54, 1.807) is 0 Å². The van der Waals surface area contributed by atoms with Crippen LogP contribution in [0.3, 0.4) is 0 Å². The Morgan fingerprint density at radius 2 is 0.791 bits per heavy atom. The van der Waals surface area contributed by atoms with Crippen LogP contribution >= 0.6 is 0 Å². The number of benzene rings is 4. The van der Waals surface area contributed by atoms with Crippen molar-refractivity contribution < 1.29 is 55.4 Å². The summed E-state index contributed by atoms with van der Waals surface area (Å²) < 4.78 is 14.9. The third-order valence-corrected chi connectivity index (χ3v) is 25.1. The van der Waals surface area contributed by atoms with Crippen LogP contribution in [0.4, 0.5) is 0 Å². The predicted molar refractivity (Wildman–Crippen MR) is 274 cm³/mol. The van der Waals surface area contributed by atoms with E-state index in [1.165, 1.54) is 108 Å². The molecule has 1 saturated carbocycles. The van der Waals surface area contributed by atoms with Crippen molar-refractivity contribution in [3.05, 3.63) is 164 Å². The molecular formula is C62H73Cl2O2Zr. The summed E-state index contributed by atoms with van der Waals surface area (Å²) in [6.45, 7) is 37.1. The first-order chi connectivity index (χ1) is 30.4. The van der Waals surface area contributed by atoms with Crippen molar-refractivity contribution in [3.63, 3.8) is 0 Å². The summed E-state index contributed by atoms with van der Waals surface area (Å²) in [7, 11) is 0. The fraction of sp³-hybridized carbons (Fsp3) is 0.419. The Hall–Kier alpha value is -3.62. The minimum absolute atomic E-state index is 0. The van der Waals surface area contributed by atoms with Gasteiger partial charge >= 0.3 is 402 Å². The molecule has 2 atom stereocenters. The van der Waals surface area contributed by atoms with Crippen molar-refractivity contribution in [3.8, 4) is 22.3 Å². The van der Waals surface area contributed by atoms with Gasteiger partial charge in [0.25, 0.3) is 0 Å². The van der Waals surface area contributed by atoms with Gasteiger partial charge in [-0.1, -0.05) is 0 Å². The maximum Gasteiger partial charge on any atom is -1.00 e. The molecule has 2 heterocycles. The molecule has 4 aromatic carbocycles. The van der Waals surface area contributed by atoms with E-state index in [1.807, 2.05) is 0 Å². The molecule has 6 aromatic rings. The van der Waals surface area contributed by atoms with Crippen LogP contribution in [-0.2, 0) is 43.4 Å². The van der Waals surface area contributed by atoms with E-state index >= 15 is 0 Å². The maximum atomic E-state index is 6.76. The van der Waals surface area contributed by atoms with Gasteiger partial charge < -0.3 is 24.8 Å². The van der Waals surface area contributed by atoms with E-state index < -0.39 is 21.8 Å². The number of allylic oxidation sites excluding steroid dienone is 2. The first-order valence-corrected chi connectivity index (χ1v) is 28.7. The zero-order valence-electron chi connectivity index (χ0n) is 43.2. The molecule has 0 N–H and O–H groups in total. The smallest absolute Gasteiger partial charge is 1.00 e. The zero-order chi connectivity index (χ0) is 46.7. The summed E-state index contributed by atoms with van der Waals surface area (Å²) >= 11 is -2.83. The Labute approximate surface area is 424 Å². The first-order valence-electron chi connectivity index (χ1n) is 24.4. The molecule has 0 aliphatic heterocycles. The first kappa shape index (κ1) is 51.2. The van der Waals surface area contributed by atoms with Gasteiger partial charge in [0.05, 0.1) is 0 Å². The molecule has 5 heteroatoms. The van der Waals surface area contributed by atoms with Gasteiger partial charge in [0.2, 0.25) is 0 Å². The molecule has 351 valence electrons. The van der Waals surface area contributed by atoms with Gasteiger partial charge in [-0.3, -0.25) is 0 Å². The molecule has 3 aliphatic rings. The van der Waals surface area contributed by atoms with Crippen LogP contribution < -0.4 is 24.8 Å². The second-order valence-electron chi connectivity index (χ2n) is 24.1. The predicted octanol–water partition coefficient (Wildman–Crippen LogP) is 12.1. The summed E-state index contributed by atoms with van der Waals surface area (Å²) in [6.07, 6.45) is 9.11. The molecule has 0 spiro atoms. The molecule has 1 fully saturated rings. The van der Waals surface area contributed by atoms with E-state index in [-0.39, 0.29) is 46.5 Å². The number of hydrogen-bond acceptors (Lipinski definition) is 2. The fourth-order valence-electron chi connectivity index (χ4n) is 10.9. The number of furan rings is 2. The monoisotopic (exact) mass is 1010 g/mol. The van der Waals surface area contributed by atoms with Crippen LogP contribution in [0.25, 0.3) is 45.6 Å². The minimum atomic E-state index is -2.83. The molecule has 2 aromatic heterocycles. The molecule has 2 unspecified atom stereocenters. The van der Waals surface area contributed by atoms with Crippen molar-refractivity contribution in [1.29, 1.82) is 0 Å². The normalized spacial score (nSPS) is 17.3. The Morgan fingerprint density at radius 3 is 1.06 bits per heavy atom. The molecule has 0 radical (unpaired) electrons. The Bertz CT molecular complexity index is 2650. The van der Waals surface area contributed by atoms with Gasteiger partial charge in [0, 0.05) is 0 Å². The van der Waals surface area contributed by atoms with Crippen molar-refractivity contribution in [2.24, 2.45) is 0 Å². The van der Waals surface area contributed by atoms with Crippen LogP contribution in [0, 0.1) is 27.7 Å². The van der Waals surface area contributed by atoms with E-state index in [4.69, 9.17) is 8.83 Å². The average molecular weight is 1010 g/mol. The molecule has 0 amide bonds. The molecule has 67 heavy (non-hydrogen) atoms. The van der Waals surface area contributed by atoms with Crippen LogP contribution in [0.5, 0.6) is 0 Å². The van der Waals surface area contributed by atoms with Gasteiger partial charge in [-0.05, 0) is 0 Å². The summed E-state index contributed by atoms with van der Waals surface area (Å²) in [5.74, 6) is 4.02. The molecule has 9 rings (SSSR count). The van der Waals surface area contributed by atoms with Crippen molar-refractivity contribution in [2.75, 3.05) is 0 Å². The second-order valence-corrected chi connectivity index (χ2v) is 31.4. The van der Waals surface area contributed by atoms with Crippen LogP contribution in [0.1, 0.15) is 188 Å². The van der Waals surface area contributed by atoms with Crippen molar-refractivity contribution in [2.45, 2.75) is 163 Å². The number of aryl methyl sites for hydroxylation is 4. The second kappa shape index (κ2) is 18.3. The fourth-order valence-corrected chi connectivity index (χ4v) is 22.5. The van der Waals surface area contributed by atoms with Gasteiger partial charge in [-0.2, -0.15) is 0 Å². The van der Waals surface area contributed by atoms with E-state index in [0.717, 1.165) is 26.7 Å². The van der Waals surface area contributed by atoms with Gasteiger partial charge in [-0.15, -0.1) is 0 Å². The van der Waals surface area contributed by atoms with E-state index in [9.17, 15) is 0 Å². The molecule has 3 aliphatic carbocycles. The summed E-state index contributed by atoms with van der Waals surface area (Å²) in [4.78, 5) is 0. The topological polar surface area (TPSA) is 26.3 Å². The average Bonchev–Trinajstić information content (AvgIpc) is 3.99. The minimum Gasteiger partial charge on any atom is -1.00 e. The zero-order valence-corrected chi connectivity index (χ0v) is 47.1. The van der Waals surface area contributed by atoms with Crippen molar-refractivity contribution >= 4 is 23.3 Å². The third-order valence-electron chi connectivity index (χ3n) is 15.0. The van der Waals surface area contributed by atoms with Crippen LogP contribution in [-0.4, -0.2) is 0 Å². The Kier molecular flexibility index (Phi) is 14.0. The van der Waals surface area contributed by atoms with Gasteiger partial charge in [0.15, 0.2) is 0 Å². The number of fused-ring (bicyclic) bond motifs is 2. The summed E-state index contributed by atoms with van der Waals surface area (Å²) in [5.41, 5.74) is 22.4. The van der Waals surface area contributed by atoms with Gasteiger partial charge in [0.1, 0.15) is 0 Å². The standard InChI is InChI=1S/2C29H33O.C4H7.2ClH.Zr/c2*1-18-9-11-20-13-21(26-12-10-19(2)30-26)16-25(20)27(18)22-14-23(28(3,4)5)17-24(15-22)29(6,7)8;1-2-4-3-1;;;/h2*9-17H,1-8H3;1H,2-4H2;2*1H;/q;;;;;+2/p-2. The molecular weight excluding hydrogens is 939 g/mol. The van der Waals surface area contributed by atoms with E-state index in [0.29, 0.717) is 7.25 Å². The number of halogens is 2. The van der Waals surface area contributed by atoms with Crippen LogP contribution in [0.2, 0.25) is 3.63 Å². The Morgan fingerprint density at radius 1 is 0.448 bits per heavy atom. The maximum absolute atomic E-state index is 6.76. The SMILES string of the molecule is Cc1ccc(C2=Cc3c(ccc(C)c3-c3cc(C(C)(C)C)cc(C(C)(C)C)c3)[CH]2[Zr+2]([CH]2CCC2)[CH]2C(c3ccc(C)o3)=Cc3c2ccc(C)c3-c2cc(C(C)(C)C)cc(C(C)(C)C)c2)o1.[Cl-].[Cl-]. The van der Waals surface area contributed by atoms with Gasteiger partial charge in [-0.25, -0.2) is 0 Å². The van der Waals surface area contributed by atoms with Crippen LogP contribution in [0.15, 0.2) is 93.8 Å². The number of hydrogen-bond donors (Lipinski definition) is 0. The van der Waals surface area contributed by atoms with Crippen molar-refractivity contribution in [1.82, 2.24) is 0 Å². The third kappa shape index (κ3) is 9.54. The molecule has 0 saturated heterocycles. The quantitative estimate of drug-likeness (QED) is 0.159. The number of rotatable bonds is 7. The Balaban J connectivity index is 0.00000333. The summed E-state index contributed by atoms with van der Waals surface area (Å²) in [5, 5.41) is 0.